The van der Waals surface area contributed by atoms with Gasteiger partial charge in [-0.2, -0.15) is 4.31 Å². The summed E-state index contributed by atoms with van der Waals surface area (Å²) in [4.78, 5) is 12.4. The molecule has 31 heavy (non-hydrogen) atoms. The first kappa shape index (κ1) is 22.7. The Morgan fingerprint density at radius 1 is 1.06 bits per heavy atom. The van der Waals surface area contributed by atoms with E-state index in [1.807, 2.05) is 42.5 Å². The van der Waals surface area contributed by atoms with Crippen LogP contribution in [0.5, 0.6) is 0 Å². The number of halogens is 1. The van der Waals surface area contributed by atoms with Gasteiger partial charge in [0, 0.05) is 31.2 Å². The van der Waals surface area contributed by atoms with Crippen LogP contribution < -0.4 is 5.32 Å². The molecule has 0 radical (unpaired) electrons. The Morgan fingerprint density at radius 3 is 2.48 bits per heavy atom. The molecule has 0 saturated carbocycles. The van der Waals surface area contributed by atoms with Crippen molar-refractivity contribution in [3.63, 3.8) is 0 Å². The lowest BCUT2D eigenvalue weighted by Crippen LogP contribution is -2.43. The van der Waals surface area contributed by atoms with Gasteiger partial charge in [-0.3, -0.25) is 4.79 Å². The zero-order chi connectivity index (χ0) is 21.8. The highest BCUT2D eigenvalue weighted by Gasteiger charge is 2.41. The van der Waals surface area contributed by atoms with Crippen molar-refractivity contribution in [3.8, 4) is 0 Å². The summed E-state index contributed by atoms with van der Waals surface area (Å²) in [6.07, 6.45) is 2.41. The molecular weight excluding hydrogens is 527 g/mol. The number of nitrogens with zero attached hydrogens (tertiary/aromatic N) is 1. The second-order valence-electron chi connectivity index (χ2n) is 8.14. The third kappa shape index (κ3) is 5.30. The van der Waals surface area contributed by atoms with E-state index in [-0.39, 0.29) is 9.96 Å². The van der Waals surface area contributed by atoms with Crippen LogP contribution >= 0.6 is 22.6 Å². The third-order valence-corrected chi connectivity index (χ3v) is 9.90. The van der Waals surface area contributed by atoms with Crippen LogP contribution in [0, 0.1) is 5.92 Å². The van der Waals surface area contributed by atoms with E-state index >= 15 is 0 Å². The van der Waals surface area contributed by atoms with E-state index in [0.29, 0.717) is 37.6 Å². The zero-order valence-corrected chi connectivity index (χ0v) is 20.2. The predicted octanol–water partition coefficient (Wildman–Crippen LogP) is 3.88. The molecule has 6 nitrogen and oxygen atoms in total. The SMILES string of the molecule is O=C(NCC1CCOC1)c1ccc(CN2[C@@H](I)CCC(c3ccccc3)S2(=O)=O)cc1. The van der Waals surface area contributed by atoms with E-state index in [1.165, 1.54) is 0 Å². The van der Waals surface area contributed by atoms with Crippen LogP contribution in [-0.4, -0.2) is 42.4 Å². The van der Waals surface area contributed by atoms with Crippen LogP contribution in [0.15, 0.2) is 54.6 Å². The van der Waals surface area contributed by atoms with Crippen LogP contribution in [-0.2, 0) is 21.3 Å². The molecule has 8 heteroatoms. The monoisotopic (exact) mass is 554 g/mol. The fourth-order valence-electron chi connectivity index (χ4n) is 4.12. The van der Waals surface area contributed by atoms with Crippen molar-refractivity contribution < 1.29 is 17.9 Å². The molecule has 2 saturated heterocycles. The minimum atomic E-state index is -3.47. The maximum Gasteiger partial charge on any atom is 0.251 e. The number of sulfonamides is 1. The summed E-state index contributed by atoms with van der Waals surface area (Å²) in [7, 11) is -3.47. The third-order valence-electron chi connectivity index (χ3n) is 5.97. The highest BCUT2D eigenvalue weighted by molar-refractivity contribution is 14.1. The Bertz CT molecular complexity index is 992. The molecule has 2 aliphatic rings. The average Bonchev–Trinajstić information content (AvgIpc) is 3.29. The summed E-state index contributed by atoms with van der Waals surface area (Å²) in [5, 5.41) is 2.45. The number of carbonyl (C=O) groups excluding carboxylic acids is 1. The van der Waals surface area contributed by atoms with Gasteiger partial charge in [0.1, 0.15) is 5.25 Å². The minimum Gasteiger partial charge on any atom is -0.381 e. The molecule has 2 aromatic rings. The fraction of sp³-hybridized carbons (Fsp3) is 0.435. The first-order valence-corrected chi connectivity index (χ1v) is 13.3. The van der Waals surface area contributed by atoms with Gasteiger partial charge in [-0.1, -0.05) is 65.1 Å². The second-order valence-corrected chi connectivity index (χ2v) is 11.6. The van der Waals surface area contributed by atoms with Crippen LogP contribution in [0.25, 0.3) is 0 Å². The van der Waals surface area contributed by atoms with Crippen molar-refractivity contribution >= 4 is 38.5 Å². The van der Waals surface area contributed by atoms with Gasteiger partial charge in [-0.15, -0.1) is 0 Å². The molecule has 166 valence electrons. The van der Waals surface area contributed by atoms with Crippen molar-refractivity contribution in [2.45, 2.75) is 35.1 Å². The summed E-state index contributed by atoms with van der Waals surface area (Å²) in [6.45, 7) is 2.38. The fourth-order valence-corrected chi connectivity index (χ4v) is 7.65. The van der Waals surface area contributed by atoms with E-state index in [2.05, 4.69) is 27.9 Å². The number of carbonyl (C=O) groups is 1. The van der Waals surface area contributed by atoms with Crippen LogP contribution in [0.1, 0.15) is 46.0 Å². The first-order chi connectivity index (χ1) is 14.9. The second kappa shape index (κ2) is 9.97. The summed E-state index contributed by atoms with van der Waals surface area (Å²) in [5.74, 6) is 0.269. The number of ether oxygens (including phenoxy) is 1. The normalized spacial score (nSPS) is 25.9. The van der Waals surface area contributed by atoms with E-state index in [9.17, 15) is 13.2 Å². The molecule has 2 heterocycles. The number of nitrogens with one attached hydrogen (secondary N) is 1. The van der Waals surface area contributed by atoms with E-state index in [1.54, 1.807) is 16.4 Å². The number of hydrogen-bond donors (Lipinski definition) is 1. The molecule has 2 aliphatic heterocycles. The predicted molar refractivity (Wildman–Crippen MR) is 128 cm³/mol. The topological polar surface area (TPSA) is 75.7 Å². The largest absolute Gasteiger partial charge is 0.381 e. The summed E-state index contributed by atoms with van der Waals surface area (Å²) in [6, 6.07) is 16.7. The van der Waals surface area contributed by atoms with Gasteiger partial charge in [0.2, 0.25) is 10.0 Å². The minimum absolute atomic E-state index is 0.0841. The average molecular weight is 554 g/mol. The van der Waals surface area contributed by atoms with Crippen molar-refractivity contribution in [2.24, 2.45) is 5.92 Å². The van der Waals surface area contributed by atoms with Crippen molar-refractivity contribution in [1.82, 2.24) is 9.62 Å². The number of rotatable bonds is 6. The Hall–Kier alpha value is -1.49. The van der Waals surface area contributed by atoms with Crippen molar-refractivity contribution in [2.75, 3.05) is 19.8 Å². The molecule has 1 N–H and O–H groups in total. The number of alkyl halides is 1. The van der Waals surface area contributed by atoms with E-state index < -0.39 is 15.3 Å². The molecule has 0 aliphatic carbocycles. The molecule has 4 rings (SSSR count). The van der Waals surface area contributed by atoms with Gasteiger partial charge in [-0.25, -0.2) is 8.42 Å². The van der Waals surface area contributed by atoms with Gasteiger partial charge in [0.25, 0.3) is 5.91 Å². The smallest absolute Gasteiger partial charge is 0.251 e. The summed E-state index contributed by atoms with van der Waals surface area (Å²) >= 11 is 2.22. The van der Waals surface area contributed by atoms with Gasteiger partial charge >= 0.3 is 0 Å². The summed E-state index contributed by atoms with van der Waals surface area (Å²) in [5.41, 5.74) is 2.30. The Kier molecular flexibility index (Phi) is 7.30. The van der Waals surface area contributed by atoms with Gasteiger partial charge in [0.05, 0.1) is 10.7 Å². The van der Waals surface area contributed by atoms with Gasteiger partial charge in [-0.05, 0) is 42.5 Å². The maximum absolute atomic E-state index is 13.4. The highest BCUT2D eigenvalue weighted by Crippen LogP contribution is 2.40. The molecular formula is C23H27IN2O4S. The lowest BCUT2D eigenvalue weighted by atomic mass is 10.1. The Morgan fingerprint density at radius 2 is 1.81 bits per heavy atom. The standard InChI is InChI=1S/C23H27IN2O4S/c24-22-11-10-21(19-4-2-1-3-5-19)31(28,29)26(22)15-17-6-8-20(9-7-17)23(27)25-14-18-12-13-30-16-18/h1-9,18,21-22H,10-16H2,(H,25,27)/t18?,21?,22-/m1/s1. The van der Waals surface area contributed by atoms with Crippen molar-refractivity contribution in [1.29, 1.82) is 0 Å². The lowest BCUT2D eigenvalue weighted by Gasteiger charge is -2.36. The van der Waals surface area contributed by atoms with Gasteiger partial charge < -0.3 is 10.1 Å². The number of benzene rings is 2. The molecule has 2 fully saturated rings. The molecule has 0 aromatic heterocycles. The van der Waals surface area contributed by atoms with Crippen molar-refractivity contribution in [3.05, 3.63) is 71.3 Å². The Balaban J connectivity index is 1.43. The summed E-state index contributed by atoms with van der Waals surface area (Å²) < 4.78 is 33.6. The molecule has 3 atom stereocenters. The lowest BCUT2D eigenvalue weighted by molar-refractivity contribution is 0.0945. The maximum atomic E-state index is 13.4. The quantitative estimate of drug-likeness (QED) is 0.334. The van der Waals surface area contributed by atoms with Crippen LogP contribution in [0.3, 0.4) is 0 Å². The molecule has 0 bridgehead atoms. The Labute approximate surface area is 197 Å². The van der Waals surface area contributed by atoms with E-state index in [4.69, 9.17) is 4.74 Å². The number of amides is 1. The highest BCUT2D eigenvalue weighted by atomic mass is 127. The number of hydrogen-bond acceptors (Lipinski definition) is 4. The molecule has 1 amide bonds. The zero-order valence-electron chi connectivity index (χ0n) is 17.2. The molecule has 2 unspecified atom stereocenters. The van der Waals surface area contributed by atoms with Gasteiger partial charge in [0.15, 0.2) is 0 Å². The first-order valence-electron chi connectivity index (χ1n) is 10.6. The molecule has 0 spiro atoms. The van der Waals surface area contributed by atoms with Crippen LogP contribution in [0.2, 0.25) is 0 Å². The van der Waals surface area contributed by atoms with E-state index in [0.717, 1.165) is 30.6 Å². The van der Waals surface area contributed by atoms with Crippen LogP contribution in [0.4, 0.5) is 0 Å². The molecule has 2 aromatic carbocycles.